The molecule has 1 amide bonds. The van der Waals surface area contributed by atoms with E-state index in [1.807, 2.05) is 54.6 Å². The molecular weight excluding hydrogens is 518 g/mol. The van der Waals surface area contributed by atoms with Crippen molar-refractivity contribution in [3.05, 3.63) is 101 Å². The number of nitrogens with zero attached hydrogens (tertiary/aromatic N) is 2. The Labute approximate surface area is 220 Å². The third-order valence-electron chi connectivity index (χ3n) is 5.88. The lowest BCUT2D eigenvalue weighted by atomic mass is 10.1. The zero-order chi connectivity index (χ0) is 25.3. The first kappa shape index (κ1) is 25.5. The van der Waals surface area contributed by atoms with Crippen molar-refractivity contribution in [1.82, 2.24) is 14.9 Å². The minimum Gasteiger partial charge on any atom is -0.493 e. The SMILES string of the molecule is C=CCc1ccc(OCCn2c(CCCNC(=O)c3ccc(Br)cc3)nc3ccccc32)c(OC)c1. The molecule has 0 fully saturated rings. The van der Waals surface area contributed by atoms with Crippen molar-refractivity contribution in [1.29, 1.82) is 0 Å². The van der Waals surface area contributed by atoms with Crippen LogP contribution in [0.4, 0.5) is 0 Å². The number of aromatic nitrogens is 2. The molecule has 6 nitrogen and oxygen atoms in total. The summed E-state index contributed by atoms with van der Waals surface area (Å²) in [6, 6.07) is 21.4. The van der Waals surface area contributed by atoms with Crippen LogP contribution in [0.1, 0.15) is 28.2 Å². The lowest BCUT2D eigenvalue weighted by molar-refractivity contribution is 0.0953. The van der Waals surface area contributed by atoms with Crippen LogP contribution in [-0.2, 0) is 19.4 Å². The van der Waals surface area contributed by atoms with E-state index in [4.69, 9.17) is 14.5 Å². The predicted octanol–water partition coefficient (Wildman–Crippen LogP) is 5.98. The van der Waals surface area contributed by atoms with Crippen LogP contribution < -0.4 is 14.8 Å². The van der Waals surface area contributed by atoms with Crippen LogP contribution >= 0.6 is 15.9 Å². The summed E-state index contributed by atoms with van der Waals surface area (Å²) in [7, 11) is 1.65. The van der Waals surface area contributed by atoms with E-state index in [2.05, 4.69) is 38.5 Å². The smallest absolute Gasteiger partial charge is 0.251 e. The van der Waals surface area contributed by atoms with Crippen LogP contribution in [0.5, 0.6) is 11.5 Å². The molecule has 1 heterocycles. The predicted molar refractivity (Wildman–Crippen MR) is 147 cm³/mol. The Bertz CT molecular complexity index is 1330. The summed E-state index contributed by atoms with van der Waals surface area (Å²) in [5.41, 5.74) is 3.81. The van der Waals surface area contributed by atoms with Gasteiger partial charge in [-0.3, -0.25) is 4.79 Å². The number of ether oxygens (including phenoxy) is 2. The quantitative estimate of drug-likeness (QED) is 0.175. The van der Waals surface area contributed by atoms with Crippen LogP contribution in [0.15, 0.2) is 83.9 Å². The molecule has 0 unspecified atom stereocenters. The van der Waals surface area contributed by atoms with E-state index in [1.54, 1.807) is 19.2 Å². The largest absolute Gasteiger partial charge is 0.493 e. The van der Waals surface area contributed by atoms with Gasteiger partial charge in [-0.15, -0.1) is 6.58 Å². The van der Waals surface area contributed by atoms with Crippen LogP contribution in [0, 0.1) is 0 Å². The Morgan fingerprint density at radius 1 is 1.11 bits per heavy atom. The normalized spacial score (nSPS) is 10.8. The molecule has 0 saturated heterocycles. The van der Waals surface area contributed by atoms with E-state index in [0.29, 0.717) is 36.8 Å². The molecule has 4 aromatic rings. The second-order valence-electron chi connectivity index (χ2n) is 8.36. The summed E-state index contributed by atoms with van der Waals surface area (Å²) in [6.07, 6.45) is 4.18. The van der Waals surface area contributed by atoms with Crippen LogP contribution in [-0.4, -0.2) is 35.7 Å². The second kappa shape index (κ2) is 12.4. The topological polar surface area (TPSA) is 65.4 Å². The number of aryl methyl sites for hydroxylation is 1. The Hall–Kier alpha value is -3.58. The molecule has 0 aliphatic heterocycles. The van der Waals surface area contributed by atoms with E-state index >= 15 is 0 Å². The van der Waals surface area contributed by atoms with Gasteiger partial charge in [0, 0.05) is 23.0 Å². The van der Waals surface area contributed by atoms with Crippen molar-refractivity contribution >= 4 is 32.9 Å². The Morgan fingerprint density at radius 2 is 1.92 bits per heavy atom. The molecule has 0 aliphatic carbocycles. The number of hydrogen-bond acceptors (Lipinski definition) is 4. The molecule has 3 aromatic carbocycles. The number of methoxy groups -OCH3 is 1. The summed E-state index contributed by atoms with van der Waals surface area (Å²) in [5, 5.41) is 3.00. The highest BCUT2D eigenvalue weighted by Crippen LogP contribution is 2.28. The summed E-state index contributed by atoms with van der Waals surface area (Å²) < 4.78 is 14.8. The fraction of sp³-hybridized carbons (Fsp3) is 0.241. The first-order valence-corrected chi connectivity index (χ1v) is 12.8. The fourth-order valence-corrected chi connectivity index (χ4v) is 4.35. The Balaban J connectivity index is 1.38. The van der Waals surface area contributed by atoms with Gasteiger partial charge >= 0.3 is 0 Å². The first-order valence-electron chi connectivity index (χ1n) is 12.0. The lowest BCUT2D eigenvalue weighted by Crippen LogP contribution is -2.25. The van der Waals surface area contributed by atoms with Crippen molar-refractivity contribution in [3.63, 3.8) is 0 Å². The maximum Gasteiger partial charge on any atom is 0.251 e. The van der Waals surface area contributed by atoms with Crippen molar-refractivity contribution in [2.24, 2.45) is 0 Å². The highest BCUT2D eigenvalue weighted by Gasteiger charge is 2.12. The van der Waals surface area contributed by atoms with Gasteiger partial charge in [-0.2, -0.15) is 0 Å². The zero-order valence-corrected chi connectivity index (χ0v) is 22.0. The molecule has 36 heavy (non-hydrogen) atoms. The molecular formula is C29H30BrN3O3. The summed E-state index contributed by atoms with van der Waals surface area (Å²) in [6.45, 7) is 5.49. The van der Waals surface area contributed by atoms with Gasteiger partial charge < -0.3 is 19.4 Å². The van der Waals surface area contributed by atoms with Crippen molar-refractivity contribution in [3.8, 4) is 11.5 Å². The average Bonchev–Trinajstić information content (AvgIpc) is 3.25. The van der Waals surface area contributed by atoms with Crippen LogP contribution in [0.25, 0.3) is 11.0 Å². The maximum absolute atomic E-state index is 12.4. The fourth-order valence-electron chi connectivity index (χ4n) is 4.09. The number of allylic oxidation sites excluding steroid dienone is 1. The van der Waals surface area contributed by atoms with E-state index in [9.17, 15) is 4.79 Å². The first-order chi connectivity index (χ1) is 17.6. The maximum atomic E-state index is 12.4. The monoisotopic (exact) mass is 547 g/mol. The number of carbonyl (C=O) groups is 1. The van der Waals surface area contributed by atoms with Crippen LogP contribution in [0.3, 0.4) is 0 Å². The number of fused-ring (bicyclic) bond motifs is 1. The van der Waals surface area contributed by atoms with E-state index < -0.39 is 0 Å². The highest BCUT2D eigenvalue weighted by atomic mass is 79.9. The molecule has 0 aliphatic rings. The summed E-state index contributed by atoms with van der Waals surface area (Å²) in [4.78, 5) is 17.2. The molecule has 186 valence electrons. The third-order valence-corrected chi connectivity index (χ3v) is 6.41. The molecule has 0 radical (unpaired) electrons. The van der Waals surface area contributed by atoms with Crippen molar-refractivity contribution in [2.75, 3.05) is 20.3 Å². The number of carbonyl (C=O) groups excluding carboxylic acids is 1. The number of halogens is 1. The van der Waals surface area contributed by atoms with Gasteiger partial charge in [-0.1, -0.05) is 40.2 Å². The molecule has 0 atom stereocenters. The molecule has 1 N–H and O–H groups in total. The highest BCUT2D eigenvalue weighted by molar-refractivity contribution is 9.10. The van der Waals surface area contributed by atoms with Gasteiger partial charge in [0.15, 0.2) is 11.5 Å². The number of para-hydroxylation sites is 2. The minimum absolute atomic E-state index is 0.0718. The zero-order valence-electron chi connectivity index (χ0n) is 20.4. The van der Waals surface area contributed by atoms with Crippen molar-refractivity contribution in [2.45, 2.75) is 25.8 Å². The molecule has 4 rings (SSSR count). The van der Waals surface area contributed by atoms with Crippen molar-refractivity contribution < 1.29 is 14.3 Å². The number of rotatable bonds is 12. The minimum atomic E-state index is -0.0718. The molecule has 7 heteroatoms. The van der Waals surface area contributed by atoms with E-state index in [-0.39, 0.29) is 5.91 Å². The average molecular weight is 548 g/mol. The van der Waals surface area contributed by atoms with Gasteiger partial charge in [0.05, 0.1) is 24.7 Å². The standard InChI is InChI=1S/C29H30BrN3O3/c1-3-7-21-11-16-26(27(20-21)35-2)36-19-18-33-25-9-5-4-8-24(25)32-28(33)10-6-17-31-29(34)22-12-14-23(30)15-13-22/h3-5,8-9,11-16,20H,1,6-7,10,17-19H2,2H3,(H,31,34). The van der Waals surface area contributed by atoms with Gasteiger partial charge in [0.25, 0.3) is 5.91 Å². The molecule has 0 saturated carbocycles. The molecule has 0 bridgehead atoms. The number of amides is 1. The van der Waals surface area contributed by atoms with Gasteiger partial charge in [0.2, 0.25) is 0 Å². The summed E-state index contributed by atoms with van der Waals surface area (Å²) >= 11 is 3.39. The lowest BCUT2D eigenvalue weighted by Gasteiger charge is -2.14. The summed E-state index contributed by atoms with van der Waals surface area (Å²) in [5.74, 6) is 2.34. The Kier molecular flexibility index (Phi) is 8.79. The van der Waals surface area contributed by atoms with Gasteiger partial charge in [-0.05, 0) is 66.9 Å². The Morgan fingerprint density at radius 3 is 2.69 bits per heavy atom. The second-order valence-corrected chi connectivity index (χ2v) is 9.28. The van der Waals surface area contributed by atoms with Gasteiger partial charge in [0.1, 0.15) is 12.4 Å². The van der Waals surface area contributed by atoms with E-state index in [0.717, 1.165) is 46.2 Å². The number of benzene rings is 3. The van der Waals surface area contributed by atoms with Crippen LogP contribution in [0.2, 0.25) is 0 Å². The van der Waals surface area contributed by atoms with E-state index in [1.165, 1.54) is 0 Å². The number of nitrogens with one attached hydrogen (secondary N) is 1. The number of imidazole rings is 1. The molecule has 1 aromatic heterocycles. The molecule has 0 spiro atoms. The van der Waals surface area contributed by atoms with Gasteiger partial charge in [-0.25, -0.2) is 4.98 Å². The number of hydrogen-bond donors (Lipinski definition) is 1. The third kappa shape index (κ3) is 6.34.